The number of rotatable bonds is 9. The summed E-state index contributed by atoms with van der Waals surface area (Å²) in [5.41, 5.74) is 4.48. The van der Waals surface area contributed by atoms with Gasteiger partial charge in [0, 0.05) is 19.2 Å². The van der Waals surface area contributed by atoms with Crippen molar-refractivity contribution in [1.82, 2.24) is 10.3 Å². The molecule has 9 nitrogen and oxygen atoms in total. The molecule has 9 heteroatoms. The highest BCUT2D eigenvalue weighted by Crippen LogP contribution is 2.26. The van der Waals surface area contributed by atoms with Crippen molar-refractivity contribution >= 4 is 11.4 Å². The van der Waals surface area contributed by atoms with Crippen LogP contribution in [0.4, 0.5) is 11.4 Å². The summed E-state index contributed by atoms with van der Waals surface area (Å²) in [4.78, 5) is 12.1. The van der Waals surface area contributed by atoms with Crippen LogP contribution in [0.3, 0.4) is 0 Å². The highest BCUT2D eigenvalue weighted by molar-refractivity contribution is 5.52. The van der Waals surface area contributed by atoms with Gasteiger partial charge in [-0.25, -0.2) is 10.3 Å². The van der Waals surface area contributed by atoms with Gasteiger partial charge in [-0.05, 0) is 37.6 Å². The first-order chi connectivity index (χ1) is 13.2. The van der Waals surface area contributed by atoms with Crippen molar-refractivity contribution in [2.24, 2.45) is 0 Å². The fraction of sp³-hybridized carbons (Fsp3) is 0.368. The Hall–Kier alpha value is -2.72. The Kier molecular flexibility index (Phi) is 7.30. The van der Waals surface area contributed by atoms with Gasteiger partial charge in [0.15, 0.2) is 0 Å². The predicted octanol–water partition coefficient (Wildman–Crippen LogP) is 2.22. The Morgan fingerprint density at radius 2 is 1.71 bits per heavy atom. The lowest BCUT2D eigenvalue weighted by molar-refractivity contribution is -0.384. The average molecular weight is 390 g/mol. The molecule has 2 rings (SSSR count). The van der Waals surface area contributed by atoms with Crippen molar-refractivity contribution in [3.8, 4) is 5.75 Å². The molecule has 0 saturated heterocycles. The molecular formula is C19H26N4O5. The number of hydrazine groups is 1. The zero-order chi connectivity index (χ0) is 20.8. The van der Waals surface area contributed by atoms with Gasteiger partial charge in [-0.15, -0.1) is 0 Å². The maximum absolute atomic E-state index is 11.0. The van der Waals surface area contributed by atoms with Crippen molar-refractivity contribution in [3.05, 3.63) is 64.2 Å². The summed E-state index contributed by atoms with van der Waals surface area (Å²) >= 11 is 0. The van der Waals surface area contributed by atoms with Crippen LogP contribution in [0.1, 0.15) is 25.6 Å². The van der Waals surface area contributed by atoms with E-state index in [1.807, 2.05) is 12.1 Å². The third-order valence-electron chi connectivity index (χ3n) is 4.34. The second-order valence-electron chi connectivity index (χ2n) is 6.35. The largest absolute Gasteiger partial charge is 0.497 e. The Balaban J connectivity index is 2.37. The average Bonchev–Trinajstić information content (AvgIpc) is 2.67. The molecule has 0 bridgehead atoms. The molecule has 3 atom stereocenters. The lowest BCUT2D eigenvalue weighted by Gasteiger charge is -2.39. The van der Waals surface area contributed by atoms with Gasteiger partial charge in [0.2, 0.25) is 0 Å². The molecule has 0 radical (unpaired) electrons. The van der Waals surface area contributed by atoms with Gasteiger partial charge in [-0.2, -0.15) is 0 Å². The van der Waals surface area contributed by atoms with Crippen LogP contribution in [0.15, 0.2) is 48.5 Å². The smallest absolute Gasteiger partial charge is 0.271 e. The number of hydrogen-bond acceptors (Lipinski definition) is 8. The highest BCUT2D eigenvalue weighted by atomic mass is 16.6. The van der Waals surface area contributed by atoms with E-state index in [2.05, 4.69) is 5.43 Å². The maximum atomic E-state index is 11.0. The van der Waals surface area contributed by atoms with E-state index in [9.17, 15) is 20.3 Å². The number of nitrogens with one attached hydrogen (secondary N) is 1. The van der Waals surface area contributed by atoms with Crippen LogP contribution in [0, 0.1) is 10.1 Å². The van der Waals surface area contributed by atoms with E-state index in [0.29, 0.717) is 11.4 Å². The second kappa shape index (κ2) is 9.47. The molecule has 28 heavy (non-hydrogen) atoms. The number of benzene rings is 2. The van der Waals surface area contributed by atoms with Crippen molar-refractivity contribution in [2.45, 2.75) is 32.5 Å². The molecule has 0 aliphatic heterocycles. The molecule has 0 heterocycles. The summed E-state index contributed by atoms with van der Waals surface area (Å²) in [6.45, 7) is 3.11. The SMILES string of the molecule is COc1ccc(C(NN(C)c2cccc([N+](=O)[O-])c2)N(C(C)O)C(C)O)cc1. The van der Waals surface area contributed by atoms with Crippen LogP contribution < -0.4 is 15.2 Å². The number of anilines is 1. The number of nitro benzene ring substituents is 1. The third kappa shape index (κ3) is 5.17. The number of ether oxygens (including phenoxy) is 1. The van der Waals surface area contributed by atoms with Gasteiger partial charge in [0.05, 0.1) is 17.7 Å². The topological polar surface area (TPSA) is 111 Å². The van der Waals surface area contributed by atoms with Crippen molar-refractivity contribution in [2.75, 3.05) is 19.2 Å². The van der Waals surface area contributed by atoms with E-state index in [4.69, 9.17) is 4.74 Å². The summed E-state index contributed by atoms with van der Waals surface area (Å²) in [7, 11) is 3.27. The molecule has 0 amide bonds. The Morgan fingerprint density at radius 3 is 2.21 bits per heavy atom. The van der Waals surface area contributed by atoms with Crippen LogP contribution in [-0.4, -0.2) is 46.6 Å². The zero-order valence-electron chi connectivity index (χ0n) is 16.3. The molecule has 0 fully saturated rings. The summed E-state index contributed by atoms with van der Waals surface area (Å²) < 4.78 is 5.18. The summed E-state index contributed by atoms with van der Waals surface area (Å²) in [5.74, 6) is 0.676. The molecule has 3 unspecified atom stereocenters. The first kappa shape index (κ1) is 21.6. The maximum Gasteiger partial charge on any atom is 0.271 e. The molecule has 0 aliphatic carbocycles. The monoisotopic (exact) mass is 390 g/mol. The minimum Gasteiger partial charge on any atom is -0.497 e. The van der Waals surface area contributed by atoms with E-state index >= 15 is 0 Å². The van der Waals surface area contributed by atoms with Crippen LogP contribution in [-0.2, 0) is 0 Å². The van der Waals surface area contributed by atoms with Gasteiger partial charge < -0.3 is 20.0 Å². The Morgan fingerprint density at radius 1 is 1.11 bits per heavy atom. The van der Waals surface area contributed by atoms with E-state index < -0.39 is 23.5 Å². The van der Waals surface area contributed by atoms with Crippen molar-refractivity contribution < 1.29 is 19.9 Å². The number of aliphatic hydroxyl groups excluding tert-OH is 2. The normalized spacial score (nSPS) is 14.4. The lowest BCUT2D eigenvalue weighted by atomic mass is 10.1. The molecule has 0 aromatic heterocycles. The molecule has 0 spiro atoms. The van der Waals surface area contributed by atoms with E-state index in [-0.39, 0.29) is 5.69 Å². The molecule has 3 N–H and O–H groups in total. The standard InChI is InChI=1S/C19H26N4O5/c1-13(24)22(14(2)25)19(15-8-10-18(28-4)11-9-15)20-21(3)16-6-5-7-17(12-16)23(26)27/h5-14,19-20,24-25H,1-4H3. The summed E-state index contributed by atoms with van der Waals surface area (Å²) in [6.07, 6.45) is -2.54. The second-order valence-corrected chi connectivity index (χ2v) is 6.35. The van der Waals surface area contributed by atoms with Crippen molar-refractivity contribution in [3.63, 3.8) is 0 Å². The number of nitrogens with zero attached hydrogens (tertiary/aromatic N) is 3. The number of non-ortho nitro benzene ring substituents is 1. The zero-order valence-corrected chi connectivity index (χ0v) is 16.3. The van der Waals surface area contributed by atoms with Gasteiger partial charge in [-0.1, -0.05) is 18.2 Å². The van der Waals surface area contributed by atoms with Gasteiger partial charge in [0.1, 0.15) is 24.4 Å². The van der Waals surface area contributed by atoms with E-state index in [1.165, 1.54) is 17.0 Å². The van der Waals surface area contributed by atoms with Crippen LogP contribution in [0.5, 0.6) is 5.75 Å². The number of aliphatic hydroxyl groups is 2. The Labute approximate surface area is 163 Å². The molecular weight excluding hydrogens is 364 g/mol. The van der Waals surface area contributed by atoms with Gasteiger partial charge >= 0.3 is 0 Å². The third-order valence-corrected chi connectivity index (χ3v) is 4.34. The first-order valence-electron chi connectivity index (χ1n) is 8.76. The van der Waals surface area contributed by atoms with Gasteiger partial charge in [-0.3, -0.25) is 10.1 Å². The fourth-order valence-electron chi connectivity index (χ4n) is 2.92. The lowest BCUT2D eigenvalue weighted by Crippen LogP contribution is -2.52. The summed E-state index contributed by atoms with van der Waals surface area (Å²) in [5, 5.41) is 33.1. The minimum atomic E-state index is -0.960. The molecule has 2 aromatic rings. The van der Waals surface area contributed by atoms with Crippen LogP contribution in [0.2, 0.25) is 0 Å². The van der Waals surface area contributed by atoms with Crippen LogP contribution in [0.25, 0.3) is 0 Å². The molecule has 0 aliphatic rings. The fourth-order valence-corrected chi connectivity index (χ4v) is 2.92. The molecule has 2 aromatic carbocycles. The highest BCUT2D eigenvalue weighted by Gasteiger charge is 2.29. The molecule has 152 valence electrons. The van der Waals surface area contributed by atoms with Crippen molar-refractivity contribution in [1.29, 1.82) is 0 Å². The first-order valence-corrected chi connectivity index (χ1v) is 8.76. The quantitative estimate of drug-likeness (QED) is 0.340. The minimum absolute atomic E-state index is 0.0324. The number of methoxy groups -OCH3 is 1. The van der Waals surface area contributed by atoms with Crippen LogP contribution >= 0.6 is 0 Å². The number of hydrogen-bond donors (Lipinski definition) is 3. The molecule has 0 saturated carbocycles. The number of nitro groups is 1. The van der Waals surface area contributed by atoms with Gasteiger partial charge in [0.25, 0.3) is 5.69 Å². The Bertz CT molecular complexity index is 774. The predicted molar refractivity (Wildman–Crippen MR) is 106 cm³/mol. The summed E-state index contributed by atoms with van der Waals surface area (Å²) in [6, 6.07) is 13.4. The van der Waals surface area contributed by atoms with E-state index in [0.717, 1.165) is 5.56 Å². The van der Waals surface area contributed by atoms with E-state index in [1.54, 1.807) is 57.3 Å².